The lowest BCUT2D eigenvalue weighted by Crippen LogP contribution is -1.97. The molecule has 0 fully saturated rings. The summed E-state index contributed by atoms with van der Waals surface area (Å²) in [6.45, 7) is 0. The third-order valence-electron chi connectivity index (χ3n) is 5.03. The molecule has 0 unspecified atom stereocenters. The number of fused-ring (bicyclic) bond motifs is 1. The zero-order valence-electron chi connectivity index (χ0n) is 16.4. The van der Waals surface area contributed by atoms with E-state index in [-0.39, 0.29) is 0 Å². The lowest BCUT2D eigenvalue weighted by Gasteiger charge is -2.12. The van der Waals surface area contributed by atoms with Crippen molar-refractivity contribution in [1.29, 1.82) is 0 Å². The fourth-order valence-corrected chi connectivity index (χ4v) is 3.71. The van der Waals surface area contributed by atoms with Gasteiger partial charge in [0.05, 0.1) is 11.9 Å². The van der Waals surface area contributed by atoms with E-state index in [1.807, 2.05) is 37.5 Å². The molecule has 0 saturated heterocycles. The van der Waals surface area contributed by atoms with Crippen LogP contribution < -0.4 is 5.73 Å². The van der Waals surface area contributed by atoms with E-state index in [9.17, 15) is 4.39 Å². The minimum absolute atomic E-state index is 0.303. The molecule has 1 aromatic carbocycles. The number of aromatic nitrogens is 5. The third-order valence-corrected chi connectivity index (χ3v) is 5.27. The average molecular weight is 431 g/mol. The first kappa shape index (κ1) is 19.1. The lowest BCUT2D eigenvalue weighted by atomic mass is 9.98. The molecule has 0 saturated carbocycles. The molecule has 0 aliphatic rings. The Morgan fingerprint density at radius 3 is 2.65 bits per heavy atom. The van der Waals surface area contributed by atoms with Gasteiger partial charge >= 0.3 is 0 Å². The van der Waals surface area contributed by atoms with E-state index in [1.165, 1.54) is 12.1 Å². The fourth-order valence-electron chi connectivity index (χ4n) is 3.54. The number of aryl methyl sites for hydroxylation is 1. The summed E-state index contributed by atoms with van der Waals surface area (Å²) in [4.78, 5) is 13.3. The van der Waals surface area contributed by atoms with E-state index >= 15 is 0 Å². The summed E-state index contributed by atoms with van der Waals surface area (Å²) in [6, 6.07) is 11.9. The second-order valence-corrected chi connectivity index (χ2v) is 7.55. The van der Waals surface area contributed by atoms with Gasteiger partial charge in [-0.15, -0.1) is 0 Å². The van der Waals surface area contributed by atoms with Crippen LogP contribution in [0.25, 0.3) is 44.5 Å². The Morgan fingerprint density at radius 1 is 0.968 bits per heavy atom. The SMILES string of the molecule is Cn1cc(-c2cc(-c3cc(-c4cc(Cl)ccc4F)nc4ncccc34)cnc2N)cn1. The Morgan fingerprint density at radius 2 is 1.84 bits per heavy atom. The molecule has 0 atom stereocenters. The zero-order chi connectivity index (χ0) is 21.5. The van der Waals surface area contributed by atoms with Gasteiger partial charge in [-0.3, -0.25) is 4.68 Å². The minimum atomic E-state index is -0.412. The van der Waals surface area contributed by atoms with E-state index in [0.717, 1.165) is 27.6 Å². The number of benzene rings is 1. The van der Waals surface area contributed by atoms with Crippen molar-refractivity contribution in [3.05, 3.63) is 78.1 Å². The van der Waals surface area contributed by atoms with Crippen LogP contribution >= 0.6 is 11.6 Å². The Bertz CT molecular complexity index is 1450. The predicted octanol–water partition coefficient (Wildman–Crippen LogP) is 5.13. The van der Waals surface area contributed by atoms with Gasteiger partial charge in [0.2, 0.25) is 0 Å². The smallest absolute Gasteiger partial charge is 0.160 e. The molecule has 5 rings (SSSR count). The number of rotatable bonds is 3. The van der Waals surface area contributed by atoms with Gasteiger partial charge in [-0.25, -0.2) is 19.3 Å². The standard InChI is InChI=1S/C23H16ClFN6/c1-31-12-14(11-29-31)18-7-13(10-28-22(18)26)17-9-21(19-8-15(24)4-5-20(19)25)30-23-16(17)3-2-6-27-23/h2-12H,1H3,(H2,26,28). The molecule has 6 nitrogen and oxygen atoms in total. The normalized spacial score (nSPS) is 11.2. The Hall–Kier alpha value is -3.84. The van der Waals surface area contributed by atoms with Gasteiger partial charge in [0.1, 0.15) is 11.6 Å². The number of nitrogen functional groups attached to an aromatic ring is 1. The maximum atomic E-state index is 14.6. The highest BCUT2D eigenvalue weighted by Crippen LogP contribution is 2.35. The Labute approximate surface area is 182 Å². The van der Waals surface area contributed by atoms with E-state index in [0.29, 0.717) is 27.7 Å². The summed E-state index contributed by atoms with van der Waals surface area (Å²) in [5.41, 5.74) is 10.6. The van der Waals surface area contributed by atoms with Crippen molar-refractivity contribution in [3.8, 4) is 33.5 Å². The maximum absolute atomic E-state index is 14.6. The Kier molecular flexibility index (Phi) is 4.60. The number of nitrogens with zero attached hydrogens (tertiary/aromatic N) is 5. The van der Waals surface area contributed by atoms with Crippen LogP contribution in [0.15, 0.2) is 67.3 Å². The number of hydrogen-bond donors (Lipinski definition) is 1. The Balaban J connectivity index is 1.76. The molecule has 0 amide bonds. The van der Waals surface area contributed by atoms with Crippen LogP contribution in [-0.4, -0.2) is 24.7 Å². The third kappa shape index (κ3) is 3.49. The number of hydrogen-bond acceptors (Lipinski definition) is 5. The first-order valence-electron chi connectivity index (χ1n) is 9.46. The first-order chi connectivity index (χ1) is 15.0. The summed E-state index contributed by atoms with van der Waals surface area (Å²) in [7, 11) is 1.84. The molecule has 31 heavy (non-hydrogen) atoms. The number of halogens is 2. The van der Waals surface area contributed by atoms with Crippen LogP contribution in [-0.2, 0) is 7.05 Å². The van der Waals surface area contributed by atoms with Gasteiger partial charge in [0, 0.05) is 58.3 Å². The van der Waals surface area contributed by atoms with Crippen LogP contribution in [0.4, 0.5) is 10.2 Å². The first-order valence-corrected chi connectivity index (χ1v) is 9.83. The summed E-state index contributed by atoms with van der Waals surface area (Å²) >= 11 is 6.11. The fraction of sp³-hybridized carbons (Fsp3) is 0.0435. The van der Waals surface area contributed by atoms with Crippen molar-refractivity contribution < 1.29 is 4.39 Å². The van der Waals surface area contributed by atoms with E-state index in [1.54, 1.807) is 29.3 Å². The van der Waals surface area contributed by atoms with Crippen LogP contribution in [0.2, 0.25) is 5.02 Å². The molecule has 0 aliphatic heterocycles. The zero-order valence-corrected chi connectivity index (χ0v) is 17.2. The highest BCUT2D eigenvalue weighted by molar-refractivity contribution is 6.30. The van der Waals surface area contributed by atoms with E-state index in [4.69, 9.17) is 17.3 Å². The van der Waals surface area contributed by atoms with Gasteiger partial charge in [-0.2, -0.15) is 5.10 Å². The van der Waals surface area contributed by atoms with Crippen molar-refractivity contribution in [2.24, 2.45) is 7.05 Å². The molecule has 5 aromatic rings. The van der Waals surface area contributed by atoms with Gasteiger partial charge < -0.3 is 5.73 Å². The number of nitrogens with two attached hydrogens (primary N) is 1. The molecule has 0 bridgehead atoms. The van der Waals surface area contributed by atoms with Crippen LogP contribution in [0, 0.1) is 5.82 Å². The largest absolute Gasteiger partial charge is 0.383 e. The molecule has 152 valence electrons. The van der Waals surface area contributed by atoms with Crippen molar-refractivity contribution in [2.75, 3.05) is 5.73 Å². The topological polar surface area (TPSA) is 82.5 Å². The summed E-state index contributed by atoms with van der Waals surface area (Å²) in [6.07, 6.45) is 6.95. The number of pyridine rings is 3. The minimum Gasteiger partial charge on any atom is -0.383 e. The summed E-state index contributed by atoms with van der Waals surface area (Å²) in [5.74, 6) is -0.0149. The van der Waals surface area contributed by atoms with Crippen LogP contribution in [0.5, 0.6) is 0 Å². The molecule has 8 heteroatoms. The summed E-state index contributed by atoms with van der Waals surface area (Å²) in [5, 5.41) is 5.46. The molecule has 0 spiro atoms. The van der Waals surface area contributed by atoms with Crippen molar-refractivity contribution in [1.82, 2.24) is 24.7 Å². The average Bonchev–Trinajstić information content (AvgIpc) is 3.21. The molecule has 4 heterocycles. The van der Waals surface area contributed by atoms with Crippen LogP contribution in [0.3, 0.4) is 0 Å². The number of anilines is 1. The quantitative estimate of drug-likeness (QED) is 0.429. The van der Waals surface area contributed by atoms with Crippen molar-refractivity contribution in [2.45, 2.75) is 0 Å². The van der Waals surface area contributed by atoms with Gasteiger partial charge in [-0.1, -0.05) is 11.6 Å². The van der Waals surface area contributed by atoms with E-state index in [2.05, 4.69) is 20.1 Å². The maximum Gasteiger partial charge on any atom is 0.160 e. The molecule has 2 N–H and O–H groups in total. The predicted molar refractivity (Wildman–Crippen MR) is 120 cm³/mol. The second-order valence-electron chi connectivity index (χ2n) is 7.11. The molecule has 0 aliphatic carbocycles. The molecule has 0 radical (unpaired) electrons. The summed E-state index contributed by atoms with van der Waals surface area (Å²) < 4.78 is 16.3. The highest BCUT2D eigenvalue weighted by atomic mass is 35.5. The molecule has 4 aromatic heterocycles. The van der Waals surface area contributed by atoms with E-state index < -0.39 is 5.82 Å². The highest BCUT2D eigenvalue weighted by Gasteiger charge is 2.15. The van der Waals surface area contributed by atoms with Gasteiger partial charge in [0.25, 0.3) is 0 Å². The molecular weight excluding hydrogens is 415 g/mol. The second kappa shape index (κ2) is 7.45. The lowest BCUT2D eigenvalue weighted by molar-refractivity contribution is 0.631. The van der Waals surface area contributed by atoms with Gasteiger partial charge in [0.15, 0.2) is 5.65 Å². The molecular formula is C23H16ClFN6. The van der Waals surface area contributed by atoms with Crippen molar-refractivity contribution >= 4 is 28.5 Å². The van der Waals surface area contributed by atoms with Gasteiger partial charge in [-0.05, 0) is 48.0 Å². The monoisotopic (exact) mass is 430 g/mol. The van der Waals surface area contributed by atoms with Crippen molar-refractivity contribution in [3.63, 3.8) is 0 Å². The van der Waals surface area contributed by atoms with Crippen LogP contribution in [0.1, 0.15) is 0 Å².